The number of carbonyl (C=O) groups excluding carboxylic acids is 1. The molecule has 3 aromatic rings. The van der Waals surface area contributed by atoms with Crippen LogP contribution in [0.4, 0.5) is 4.39 Å². The van der Waals surface area contributed by atoms with Gasteiger partial charge >= 0.3 is 0 Å². The monoisotopic (exact) mass is 401 g/mol. The Labute approximate surface area is 163 Å². The molecule has 1 N–H and O–H groups in total. The lowest BCUT2D eigenvalue weighted by molar-refractivity contribution is 0.0951. The Balaban J connectivity index is 1.71. The quantitative estimate of drug-likeness (QED) is 0.491. The molecule has 134 valence electrons. The van der Waals surface area contributed by atoms with Crippen molar-refractivity contribution in [2.75, 3.05) is 0 Å². The van der Waals surface area contributed by atoms with Crippen LogP contribution in [-0.2, 0) is 0 Å². The topological polar surface area (TPSA) is 78.4 Å². The molecule has 0 radical (unpaired) electrons. The molecule has 0 unspecified atom stereocenters. The summed E-state index contributed by atoms with van der Waals surface area (Å²) >= 11 is 12.1. The van der Waals surface area contributed by atoms with Gasteiger partial charge in [0.2, 0.25) is 0 Å². The number of nitrogens with zero attached hydrogens (tertiary/aromatic N) is 2. The van der Waals surface area contributed by atoms with Crippen LogP contribution in [0.15, 0.2) is 58.0 Å². The zero-order valence-electron chi connectivity index (χ0n) is 13.5. The maximum Gasteiger partial charge on any atom is 0.274 e. The maximum absolute atomic E-state index is 13.8. The molecule has 1 amide bonds. The first-order valence-electron chi connectivity index (χ1n) is 7.56. The lowest BCUT2D eigenvalue weighted by atomic mass is 10.1. The summed E-state index contributed by atoms with van der Waals surface area (Å²) < 4.78 is 19.4. The third kappa shape index (κ3) is 4.34. The smallest absolute Gasteiger partial charge is 0.274 e. The van der Waals surface area contributed by atoms with Crippen LogP contribution in [0.5, 0.6) is 0 Å². The highest BCUT2D eigenvalue weighted by atomic mass is 35.5. The van der Waals surface area contributed by atoms with Gasteiger partial charge in [0, 0.05) is 10.6 Å². The van der Waals surface area contributed by atoms with Crippen LogP contribution in [0.25, 0.3) is 11.3 Å². The second-order valence-corrected chi connectivity index (χ2v) is 6.18. The van der Waals surface area contributed by atoms with E-state index in [1.807, 2.05) is 0 Å². The molecule has 0 saturated carbocycles. The van der Waals surface area contributed by atoms with Gasteiger partial charge in [-0.15, -0.1) is 0 Å². The zero-order chi connectivity index (χ0) is 19.4. The van der Waals surface area contributed by atoms with Gasteiger partial charge in [-0.2, -0.15) is 10.4 Å². The Kier molecular flexibility index (Phi) is 5.55. The van der Waals surface area contributed by atoms with E-state index in [0.29, 0.717) is 27.1 Å². The maximum atomic E-state index is 13.8. The number of amides is 1. The first-order valence-corrected chi connectivity index (χ1v) is 8.32. The van der Waals surface area contributed by atoms with E-state index in [-0.39, 0.29) is 11.1 Å². The lowest BCUT2D eigenvalue weighted by Crippen LogP contribution is -2.19. The van der Waals surface area contributed by atoms with Gasteiger partial charge in [0.05, 0.1) is 28.4 Å². The molecule has 0 atom stereocenters. The first-order chi connectivity index (χ1) is 13.0. The van der Waals surface area contributed by atoms with Gasteiger partial charge in [-0.3, -0.25) is 4.79 Å². The van der Waals surface area contributed by atoms with Crippen LogP contribution in [0.3, 0.4) is 0 Å². The van der Waals surface area contributed by atoms with Crippen molar-refractivity contribution in [2.45, 2.75) is 0 Å². The fraction of sp³-hybridized carbons (Fsp3) is 0. The predicted octanol–water partition coefficient (Wildman–Crippen LogP) is 5.03. The molecule has 3 rings (SSSR count). The van der Waals surface area contributed by atoms with Crippen LogP contribution < -0.4 is 5.43 Å². The molecule has 0 saturated heterocycles. The fourth-order valence-corrected chi connectivity index (χ4v) is 2.62. The molecule has 0 bridgehead atoms. The van der Waals surface area contributed by atoms with Gasteiger partial charge in [0.25, 0.3) is 5.91 Å². The molecule has 0 aliphatic carbocycles. The lowest BCUT2D eigenvalue weighted by Gasteiger charge is -2.02. The van der Waals surface area contributed by atoms with Crippen molar-refractivity contribution in [1.82, 2.24) is 5.43 Å². The van der Waals surface area contributed by atoms with Gasteiger partial charge in [-0.05, 0) is 48.5 Å². The van der Waals surface area contributed by atoms with Gasteiger partial charge < -0.3 is 4.42 Å². The number of carbonyl (C=O) groups is 1. The second kappa shape index (κ2) is 8.04. The van der Waals surface area contributed by atoms with Gasteiger partial charge in [-0.25, -0.2) is 9.82 Å². The number of halogens is 3. The Bertz CT molecular complexity index is 1090. The van der Waals surface area contributed by atoms with E-state index in [4.69, 9.17) is 32.9 Å². The van der Waals surface area contributed by atoms with Crippen LogP contribution in [0, 0.1) is 17.1 Å². The van der Waals surface area contributed by atoms with E-state index >= 15 is 0 Å². The molecule has 2 aromatic carbocycles. The molecule has 0 aliphatic heterocycles. The highest BCUT2D eigenvalue weighted by molar-refractivity contribution is 6.35. The highest BCUT2D eigenvalue weighted by Gasteiger charge is 2.12. The molecular weight excluding hydrogens is 392 g/mol. The molecule has 8 heteroatoms. The Morgan fingerprint density at radius 3 is 2.74 bits per heavy atom. The van der Waals surface area contributed by atoms with Crippen molar-refractivity contribution in [3.8, 4) is 17.4 Å². The number of benzene rings is 2. The number of furan rings is 1. The first kappa shape index (κ1) is 18.6. The van der Waals surface area contributed by atoms with Crippen molar-refractivity contribution >= 4 is 35.3 Å². The van der Waals surface area contributed by atoms with E-state index in [2.05, 4.69) is 10.5 Å². The van der Waals surface area contributed by atoms with E-state index in [1.54, 1.807) is 36.4 Å². The minimum Gasteiger partial charge on any atom is -0.455 e. The van der Waals surface area contributed by atoms with E-state index < -0.39 is 11.7 Å². The predicted molar refractivity (Wildman–Crippen MR) is 100 cm³/mol. The van der Waals surface area contributed by atoms with Gasteiger partial charge in [0.15, 0.2) is 0 Å². The molecule has 27 heavy (non-hydrogen) atoms. The van der Waals surface area contributed by atoms with Crippen LogP contribution in [0.1, 0.15) is 21.7 Å². The number of rotatable bonds is 4. The molecule has 0 fully saturated rings. The summed E-state index contributed by atoms with van der Waals surface area (Å²) in [4.78, 5) is 12.0. The number of nitrogens with one attached hydrogen (secondary N) is 1. The van der Waals surface area contributed by atoms with Crippen molar-refractivity contribution < 1.29 is 13.6 Å². The molecule has 5 nitrogen and oxygen atoms in total. The largest absolute Gasteiger partial charge is 0.455 e. The third-order valence-corrected chi connectivity index (χ3v) is 4.09. The van der Waals surface area contributed by atoms with E-state index in [9.17, 15) is 9.18 Å². The summed E-state index contributed by atoms with van der Waals surface area (Å²) in [6.45, 7) is 0. The number of nitriles is 1. The summed E-state index contributed by atoms with van der Waals surface area (Å²) in [5.41, 5.74) is 2.71. The number of hydrogen-bond acceptors (Lipinski definition) is 4. The average molecular weight is 402 g/mol. The summed E-state index contributed by atoms with van der Waals surface area (Å²) in [5, 5.41) is 13.4. The SMILES string of the molecule is N#Cc1ccc(C(=O)N/N=C\c2ccc(-c3cc(Cl)ccc3Cl)o2)c(F)c1. The van der Waals surface area contributed by atoms with Crippen molar-refractivity contribution in [3.63, 3.8) is 0 Å². The fourth-order valence-electron chi connectivity index (χ4n) is 2.24. The zero-order valence-corrected chi connectivity index (χ0v) is 15.1. The standard InChI is InChI=1S/C19H10Cl2FN3O2/c20-12-2-5-16(21)15(8-12)18-6-3-13(27-18)10-24-25-19(26)14-4-1-11(9-23)7-17(14)22/h1-8,10H,(H,25,26)/b24-10-. The molecular formula is C19H10Cl2FN3O2. The summed E-state index contributed by atoms with van der Waals surface area (Å²) in [5.74, 6) is -0.731. The van der Waals surface area contributed by atoms with Crippen molar-refractivity contribution in [3.05, 3.63) is 81.3 Å². The minimum absolute atomic E-state index is 0.121. The third-order valence-electron chi connectivity index (χ3n) is 3.52. The van der Waals surface area contributed by atoms with Gasteiger partial charge in [0.1, 0.15) is 17.3 Å². The van der Waals surface area contributed by atoms with E-state index in [1.165, 1.54) is 18.3 Å². The number of hydrazone groups is 1. The second-order valence-electron chi connectivity index (χ2n) is 5.33. The van der Waals surface area contributed by atoms with Crippen molar-refractivity contribution in [2.24, 2.45) is 5.10 Å². The summed E-state index contributed by atoms with van der Waals surface area (Å²) in [7, 11) is 0. The van der Waals surface area contributed by atoms with Crippen LogP contribution in [0.2, 0.25) is 10.0 Å². The van der Waals surface area contributed by atoms with Gasteiger partial charge in [-0.1, -0.05) is 23.2 Å². The summed E-state index contributed by atoms with van der Waals surface area (Å²) in [6.07, 6.45) is 1.27. The van der Waals surface area contributed by atoms with Crippen LogP contribution in [-0.4, -0.2) is 12.1 Å². The Morgan fingerprint density at radius 2 is 2.00 bits per heavy atom. The Hall–Kier alpha value is -3.14. The van der Waals surface area contributed by atoms with Crippen LogP contribution >= 0.6 is 23.2 Å². The number of hydrogen-bond donors (Lipinski definition) is 1. The van der Waals surface area contributed by atoms with E-state index in [0.717, 1.165) is 6.07 Å². The summed E-state index contributed by atoms with van der Waals surface area (Å²) in [6, 6.07) is 13.6. The average Bonchev–Trinajstić information content (AvgIpc) is 3.12. The molecule has 1 aromatic heterocycles. The molecule has 0 spiro atoms. The molecule has 1 heterocycles. The van der Waals surface area contributed by atoms with Crippen molar-refractivity contribution in [1.29, 1.82) is 5.26 Å². The highest BCUT2D eigenvalue weighted by Crippen LogP contribution is 2.31. The normalized spacial score (nSPS) is 10.7. The minimum atomic E-state index is -0.808. The molecule has 0 aliphatic rings. The Morgan fingerprint density at radius 1 is 1.19 bits per heavy atom.